The van der Waals surface area contributed by atoms with E-state index in [0.29, 0.717) is 10.6 Å². The van der Waals surface area contributed by atoms with Crippen molar-refractivity contribution in [3.8, 4) is 0 Å². The molecule has 132 valence electrons. The van der Waals surface area contributed by atoms with Gasteiger partial charge in [-0.1, -0.05) is 23.2 Å². The van der Waals surface area contributed by atoms with Gasteiger partial charge in [-0.05, 0) is 38.1 Å². The number of ketones is 1. The average molecular weight is 399 g/mol. The summed E-state index contributed by atoms with van der Waals surface area (Å²) in [6, 6.07) is 6.27. The van der Waals surface area contributed by atoms with E-state index < -0.39 is 11.8 Å². The average Bonchev–Trinajstić information content (AvgIpc) is 2.91. The Hall–Kier alpha value is -1.89. The molecule has 2 aromatic rings. The first kappa shape index (κ1) is 19.4. The molecule has 1 aromatic heterocycles. The number of nitrogens with one attached hydrogen (secondary N) is 2. The zero-order chi connectivity index (χ0) is 18.6. The van der Waals surface area contributed by atoms with Crippen LogP contribution in [0.2, 0.25) is 10.0 Å². The standard InChI is InChI=1S/C17H16Cl2N2O3S/c1-9-7-12(10(2)25-9)15(22)5-6-16(23)20-21-17(24)13-8-11(18)3-4-14(13)19/h3-4,7-8H,5-6H2,1-2H3,(H,20,23)(H,21,24). The number of hydrogen-bond donors (Lipinski definition) is 2. The van der Waals surface area contributed by atoms with Crippen LogP contribution < -0.4 is 10.9 Å². The molecule has 0 aliphatic carbocycles. The second-order valence-electron chi connectivity index (χ2n) is 5.38. The first-order valence-corrected chi connectivity index (χ1v) is 8.99. The van der Waals surface area contributed by atoms with E-state index >= 15 is 0 Å². The van der Waals surface area contributed by atoms with Crippen LogP contribution in [0.3, 0.4) is 0 Å². The topological polar surface area (TPSA) is 75.3 Å². The third-order valence-electron chi connectivity index (χ3n) is 3.41. The Morgan fingerprint density at radius 2 is 1.72 bits per heavy atom. The molecule has 0 saturated carbocycles. The molecule has 2 rings (SSSR count). The van der Waals surface area contributed by atoms with Gasteiger partial charge in [-0.3, -0.25) is 25.2 Å². The zero-order valence-corrected chi connectivity index (χ0v) is 15.9. The Labute approximate surface area is 159 Å². The van der Waals surface area contributed by atoms with Gasteiger partial charge < -0.3 is 0 Å². The number of carbonyl (C=O) groups is 3. The molecule has 5 nitrogen and oxygen atoms in total. The van der Waals surface area contributed by atoms with Gasteiger partial charge in [0.15, 0.2) is 5.78 Å². The number of carbonyl (C=O) groups excluding carboxylic acids is 3. The number of aryl methyl sites for hydroxylation is 2. The SMILES string of the molecule is Cc1cc(C(=O)CCC(=O)NNC(=O)c2cc(Cl)ccc2Cl)c(C)s1. The van der Waals surface area contributed by atoms with Crippen molar-refractivity contribution >= 4 is 52.1 Å². The van der Waals surface area contributed by atoms with E-state index in [4.69, 9.17) is 23.2 Å². The summed E-state index contributed by atoms with van der Waals surface area (Å²) in [4.78, 5) is 37.9. The molecule has 0 spiro atoms. The van der Waals surface area contributed by atoms with Crippen molar-refractivity contribution in [1.82, 2.24) is 10.9 Å². The van der Waals surface area contributed by atoms with Crippen LogP contribution in [-0.4, -0.2) is 17.6 Å². The lowest BCUT2D eigenvalue weighted by Gasteiger charge is -2.08. The van der Waals surface area contributed by atoms with Crippen LogP contribution in [0, 0.1) is 13.8 Å². The molecule has 1 heterocycles. The van der Waals surface area contributed by atoms with Gasteiger partial charge in [-0.15, -0.1) is 11.3 Å². The van der Waals surface area contributed by atoms with E-state index in [9.17, 15) is 14.4 Å². The Kier molecular flexibility index (Phi) is 6.58. The highest BCUT2D eigenvalue weighted by Gasteiger charge is 2.15. The van der Waals surface area contributed by atoms with Crippen LogP contribution in [0.1, 0.15) is 43.3 Å². The summed E-state index contributed by atoms with van der Waals surface area (Å²) >= 11 is 13.3. The molecule has 0 atom stereocenters. The van der Waals surface area contributed by atoms with Crippen LogP contribution in [0.25, 0.3) is 0 Å². The van der Waals surface area contributed by atoms with Crippen LogP contribution in [0.5, 0.6) is 0 Å². The number of rotatable bonds is 5. The highest BCUT2D eigenvalue weighted by Crippen LogP contribution is 2.22. The molecule has 0 fully saturated rings. The van der Waals surface area contributed by atoms with E-state index in [-0.39, 0.29) is 29.2 Å². The van der Waals surface area contributed by atoms with Crippen LogP contribution in [0.15, 0.2) is 24.3 Å². The maximum Gasteiger partial charge on any atom is 0.271 e. The molecule has 8 heteroatoms. The Bertz CT molecular complexity index is 833. The van der Waals surface area contributed by atoms with Crippen LogP contribution >= 0.6 is 34.5 Å². The van der Waals surface area contributed by atoms with Crippen molar-refractivity contribution in [2.75, 3.05) is 0 Å². The first-order chi connectivity index (χ1) is 11.8. The van der Waals surface area contributed by atoms with Crippen LogP contribution in [-0.2, 0) is 4.79 Å². The zero-order valence-electron chi connectivity index (χ0n) is 13.6. The molecule has 0 unspecified atom stereocenters. The molecule has 0 aliphatic heterocycles. The van der Waals surface area contributed by atoms with Crippen molar-refractivity contribution in [3.63, 3.8) is 0 Å². The van der Waals surface area contributed by atoms with Crippen molar-refractivity contribution in [1.29, 1.82) is 0 Å². The van der Waals surface area contributed by atoms with Gasteiger partial charge in [0.1, 0.15) is 0 Å². The van der Waals surface area contributed by atoms with Gasteiger partial charge in [0.2, 0.25) is 5.91 Å². The highest BCUT2D eigenvalue weighted by molar-refractivity contribution is 7.12. The molecular formula is C17H16Cl2N2O3S. The number of benzene rings is 1. The number of Topliss-reactive ketones (excluding diaryl/α,β-unsaturated/α-hetero) is 1. The third kappa shape index (κ3) is 5.29. The molecule has 2 amide bonds. The second-order valence-corrected chi connectivity index (χ2v) is 7.68. The smallest absolute Gasteiger partial charge is 0.271 e. The van der Waals surface area contributed by atoms with E-state index in [1.54, 1.807) is 17.4 Å². The molecular weight excluding hydrogens is 383 g/mol. The Morgan fingerprint density at radius 1 is 1.00 bits per heavy atom. The van der Waals surface area contributed by atoms with Gasteiger partial charge >= 0.3 is 0 Å². The summed E-state index contributed by atoms with van der Waals surface area (Å²) in [6.07, 6.45) is 0.0351. The van der Waals surface area contributed by atoms with Gasteiger partial charge in [0.25, 0.3) is 5.91 Å². The second kappa shape index (κ2) is 8.47. The molecule has 25 heavy (non-hydrogen) atoms. The summed E-state index contributed by atoms with van der Waals surface area (Å²) in [7, 11) is 0. The predicted octanol–water partition coefficient (Wildman–Crippen LogP) is 4.10. The minimum atomic E-state index is -0.587. The normalized spacial score (nSPS) is 10.4. The van der Waals surface area contributed by atoms with Gasteiger partial charge in [-0.25, -0.2) is 0 Å². The number of hydrogen-bond acceptors (Lipinski definition) is 4. The highest BCUT2D eigenvalue weighted by atomic mass is 35.5. The van der Waals surface area contributed by atoms with Crippen molar-refractivity contribution < 1.29 is 14.4 Å². The number of hydrazine groups is 1. The fourth-order valence-corrected chi connectivity index (χ4v) is 3.52. The van der Waals surface area contributed by atoms with E-state index in [0.717, 1.165) is 9.75 Å². The largest absolute Gasteiger partial charge is 0.294 e. The van der Waals surface area contributed by atoms with Gasteiger partial charge in [-0.2, -0.15) is 0 Å². The summed E-state index contributed by atoms with van der Waals surface area (Å²) in [5.41, 5.74) is 5.31. The molecule has 0 saturated heterocycles. The minimum Gasteiger partial charge on any atom is -0.294 e. The molecule has 1 aromatic carbocycles. The lowest BCUT2D eigenvalue weighted by Crippen LogP contribution is -2.41. The van der Waals surface area contributed by atoms with E-state index in [1.165, 1.54) is 12.1 Å². The Balaban J connectivity index is 1.84. The lowest BCUT2D eigenvalue weighted by atomic mass is 10.1. The monoisotopic (exact) mass is 398 g/mol. The van der Waals surface area contributed by atoms with E-state index in [2.05, 4.69) is 10.9 Å². The summed E-state index contributed by atoms with van der Waals surface area (Å²) in [5.74, 6) is -1.15. The number of thiophene rings is 1. The minimum absolute atomic E-state index is 0.0310. The third-order valence-corrected chi connectivity index (χ3v) is 4.94. The van der Waals surface area contributed by atoms with Crippen molar-refractivity contribution in [2.45, 2.75) is 26.7 Å². The van der Waals surface area contributed by atoms with Crippen LogP contribution in [0.4, 0.5) is 0 Å². The number of amides is 2. The predicted molar refractivity (Wildman–Crippen MR) is 99.4 cm³/mol. The summed E-state index contributed by atoms with van der Waals surface area (Å²) in [6.45, 7) is 3.80. The van der Waals surface area contributed by atoms with Crippen molar-refractivity contribution in [3.05, 3.63) is 55.2 Å². The lowest BCUT2D eigenvalue weighted by molar-refractivity contribution is -0.121. The molecule has 2 N–H and O–H groups in total. The van der Waals surface area contributed by atoms with Gasteiger partial charge in [0.05, 0.1) is 10.6 Å². The summed E-state index contributed by atoms with van der Waals surface area (Å²) < 4.78 is 0. The number of halogens is 2. The first-order valence-electron chi connectivity index (χ1n) is 7.42. The van der Waals surface area contributed by atoms with E-state index in [1.807, 2.05) is 19.9 Å². The molecule has 0 aliphatic rings. The molecule has 0 bridgehead atoms. The quantitative estimate of drug-likeness (QED) is 0.587. The Morgan fingerprint density at radius 3 is 2.36 bits per heavy atom. The molecule has 0 radical (unpaired) electrons. The van der Waals surface area contributed by atoms with Crippen molar-refractivity contribution in [2.24, 2.45) is 0 Å². The fourth-order valence-electron chi connectivity index (χ4n) is 2.20. The van der Waals surface area contributed by atoms with Gasteiger partial charge in [0, 0.05) is 33.2 Å². The summed E-state index contributed by atoms with van der Waals surface area (Å²) in [5, 5.41) is 0.572. The fraction of sp³-hybridized carbons (Fsp3) is 0.235. The maximum atomic E-state index is 12.1. The maximum absolute atomic E-state index is 12.1.